The average Bonchev–Trinajstić information content (AvgIpc) is 2.15. The molecule has 0 fully saturated rings. The van der Waals surface area contributed by atoms with E-state index < -0.39 is 5.03 Å². The van der Waals surface area contributed by atoms with Gasteiger partial charge in [-0.05, 0) is 17.7 Å². The minimum atomic E-state index is -0.688. The summed E-state index contributed by atoms with van der Waals surface area (Å²) in [7, 11) is 1.49. The first-order valence-electron chi connectivity index (χ1n) is 3.53. The standard InChI is InChI=1S/C7H9N3O3.ClH/c1-13-7-5-3-2-4-6(7)8-9-10(11)12;/h2-5,8-9H,1H3;1H. The molecule has 0 atom stereocenters. The molecule has 0 saturated heterocycles. The number of halogens is 1. The normalized spacial score (nSPS) is 8.36. The highest BCUT2D eigenvalue weighted by molar-refractivity contribution is 5.85. The quantitative estimate of drug-likeness (QED) is 0.588. The van der Waals surface area contributed by atoms with Crippen LogP contribution in [0.3, 0.4) is 0 Å². The summed E-state index contributed by atoms with van der Waals surface area (Å²) in [6.07, 6.45) is 0. The zero-order valence-electron chi connectivity index (χ0n) is 7.39. The van der Waals surface area contributed by atoms with Crippen LogP contribution in [0.25, 0.3) is 0 Å². The van der Waals surface area contributed by atoms with E-state index in [4.69, 9.17) is 4.74 Å². The van der Waals surface area contributed by atoms with Crippen molar-refractivity contribution in [3.8, 4) is 5.75 Å². The van der Waals surface area contributed by atoms with Crippen LogP contribution >= 0.6 is 12.4 Å². The maximum Gasteiger partial charge on any atom is 0.178 e. The van der Waals surface area contributed by atoms with Crippen molar-refractivity contribution in [2.24, 2.45) is 0 Å². The predicted octanol–water partition coefficient (Wildman–Crippen LogP) is 1.23. The fraction of sp³-hybridized carbons (Fsp3) is 0.143. The molecule has 78 valence electrons. The number of ether oxygens (including phenoxy) is 1. The van der Waals surface area contributed by atoms with Crippen molar-refractivity contribution in [2.75, 3.05) is 12.5 Å². The fourth-order valence-electron chi connectivity index (χ4n) is 0.854. The summed E-state index contributed by atoms with van der Waals surface area (Å²) in [6, 6.07) is 6.88. The van der Waals surface area contributed by atoms with E-state index >= 15 is 0 Å². The van der Waals surface area contributed by atoms with E-state index in [0.717, 1.165) is 0 Å². The molecule has 0 aromatic heterocycles. The Kier molecular flexibility index (Phi) is 5.16. The summed E-state index contributed by atoms with van der Waals surface area (Å²) in [6.45, 7) is 0. The monoisotopic (exact) mass is 219 g/mol. The minimum Gasteiger partial charge on any atom is -0.495 e. The van der Waals surface area contributed by atoms with Gasteiger partial charge in [0.25, 0.3) is 0 Å². The Morgan fingerprint density at radius 2 is 2.07 bits per heavy atom. The van der Waals surface area contributed by atoms with Gasteiger partial charge in [0.05, 0.1) is 7.11 Å². The number of para-hydroxylation sites is 2. The lowest BCUT2D eigenvalue weighted by Crippen LogP contribution is -2.28. The Balaban J connectivity index is 0.00000169. The summed E-state index contributed by atoms with van der Waals surface area (Å²) >= 11 is 0. The Bertz CT molecular complexity index is 308. The number of hydrazine groups is 2. The molecule has 7 heteroatoms. The number of methoxy groups -OCH3 is 1. The molecule has 0 amide bonds. The molecule has 0 unspecified atom stereocenters. The predicted molar refractivity (Wildman–Crippen MR) is 54.0 cm³/mol. The van der Waals surface area contributed by atoms with E-state index in [1.807, 2.05) is 5.53 Å². The molecule has 0 radical (unpaired) electrons. The molecule has 0 bridgehead atoms. The van der Waals surface area contributed by atoms with Crippen LogP contribution in [0, 0.1) is 10.1 Å². The number of hydrogen-bond acceptors (Lipinski definition) is 4. The van der Waals surface area contributed by atoms with Crippen LogP contribution in [0.4, 0.5) is 5.69 Å². The molecule has 1 aromatic rings. The lowest BCUT2D eigenvalue weighted by atomic mass is 10.3. The van der Waals surface area contributed by atoms with Crippen molar-refractivity contribution in [1.82, 2.24) is 5.53 Å². The third-order valence-corrected chi connectivity index (χ3v) is 1.39. The van der Waals surface area contributed by atoms with Gasteiger partial charge in [0, 0.05) is 0 Å². The third-order valence-electron chi connectivity index (χ3n) is 1.39. The van der Waals surface area contributed by atoms with Gasteiger partial charge < -0.3 is 4.74 Å². The van der Waals surface area contributed by atoms with Crippen LogP contribution in [0.5, 0.6) is 5.75 Å². The number of nitrogens with one attached hydrogen (secondary N) is 2. The van der Waals surface area contributed by atoms with Crippen molar-refractivity contribution >= 4 is 18.1 Å². The SMILES string of the molecule is COc1ccccc1NN[N+](=O)[O-].Cl. The summed E-state index contributed by atoms with van der Waals surface area (Å²) in [5.41, 5.74) is 4.73. The number of nitro groups is 1. The van der Waals surface area contributed by atoms with Crippen molar-refractivity contribution < 1.29 is 9.77 Å². The topological polar surface area (TPSA) is 76.4 Å². The molecule has 0 aliphatic carbocycles. The van der Waals surface area contributed by atoms with Gasteiger partial charge in [-0.1, -0.05) is 12.1 Å². The number of benzene rings is 1. The van der Waals surface area contributed by atoms with Crippen LogP contribution in [0.2, 0.25) is 0 Å². The molecule has 0 spiro atoms. The highest BCUT2D eigenvalue weighted by Gasteiger charge is 2.01. The zero-order valence-corrected chi connectivity index (χ0v) is 8.21. The van der Waals surface area contributed by atoms with E-state index in [1.165, 1.54) is 7.11 Å². The minimum absolute atomic E-state index is 0. The van der Waals surface area contributed by atoms with Crippen molar-refractivity contribution in [3.05, 3.63) is 34.4 Å². The Morgan fingerprint density at radius 1 is 1.43 bits per heavy atom. The van der Waals surface area contributed by atoms with Gasteiger partial charge >= 0.3 is 0 Å². The van der Waals surface area contributed by atoms with Crippen LogP contribution < -0.4 is 15.7 Å². The van der Waals surface area contributed by atoms with Gasteiger partial charge in [-0.15, -0.1) is 12.4 Å². The first kappa shape index (κ1) is 12.3. The molecule has 14 heavy (non-hydrogen) atoms. The lowest BCUT2D eigenvalue weighted by Gasteiger charge is -2.07. The molecular formula is C7H10ClN3O3. The van der Waals surface area contributed by atoms with Gasteiger partial charge in [0.15, 0.2) is 5.03 Å². The number of nitrogens with zero attached hydrogens (tertiary/aromatic N) is 1. The lowest BCUT2D eigenvalue weighted by molar-refractivity contribution is -0.538. The number of hydrogen-bond donors (Lipinski definition) is 2. The molecule has 0 aliphatic heterocycles. The first-order valence-corrected chi connectivity index (χ1v) is 3.53. The largest absolute Gasteiger partial charge is 0.495 e. The average molecular weight is 220 g/mol. The molecule has 1 rings (SSSR count). The van der Waals surface area contributed by atoms with E-state index in [9.17, 15) is 10.1 Å². The van der Waals surface area contributed by atoms with Gasteiger partial charge in [0.1, 0.15) is 11.4 Å². The van der Waals surface area contributed by atoms with Gasteiger partial charge in [-0.2, -0.15) is 0 Å². The van der Waals surface area contributed by atoms with Gasteiger partial charge in [-0.25, -0.2) is 15.5 Å². The second kappa shape index (κ2) is 5.87. The summed E-state index contributed by atoms with van der Waals surface area (Å²) in [5, 5.41) is 9.28. The molecule has 0 saturated carbocycles. The fourth-order valence-corrected chi connectivity index (χ4v) is 0.854. The molecular weight excluding hydrogens is 210 g/mol. The van der Waals surface area contributed by atoms with Crippen molar-refractivity contribution in [1.29, 1.82) is 0 Å². The highest BCUT2D eigenvalue weighted by atomic mass is 35.5. The van der Waals surface area contributed by atoms with Crippen LogP contribution in [0.1, 0.15) is 0 Å². The van der Waals surface area contributed by atoms with Gasteiger partial charge in [-0.3, -0.25) is 0 Å². The molecule has 0 aliphatic rings. The van der Waals surface area contributed by atoms with E-state index in [1.54, 1.807) is 24.3 Å². The van der Waals surface area contributed by atoms with Crippen LogP contribution in [0.15, 0.2) is 24.3 Å². The second-order valence-electron chi connectivity index (χ2n) is 2.19. The molecule has 2 N–H and O–H groups in total. The maximum absolute atomic E-state index is 9.96. The molecule has 6 nitrogen and oxygen atoms in total. The highest BCUT2D eigenvalue weighted by Crippen LogP contribution is 2.21. The van der Waals surface area contributed by atoms with Crippen LogP contribution in [-0.2, 0) is 0 Å². The number of anilines is 1. The second-order valence-corrected chi connectivity index (χ2v) is 2.19. The maximum atomic E-state index is 9.96. The summed E-state index contributed by atoms with van der Waals surface area (Å²) in [4.78, 5) is 9.96. The Morgan fingerprint density at radius 3 is 2.64 bits per heavy atom. The molecule has 0 heterocycles. The van der Waals surface area contributed by atoms with Gasteiger partial charge in [0.2, 0.25) is 0 Å². The van der Waals surface area contributed by atoms with Crippen molar-refractivity contribution in [2.45, 2.75) is 0 Å². The zero-order chi connectivity index (χ0) is 9.68. The smallest absolute Gasteiger partial charge is 0.178 e. The number of rotatable bonds is 4. The molecule has 1 aromatic carbocycles. The summed E-state index contributed by atoms with van der Waals surface area (Å²) in [5.74, 6) is 0.539. The van der Waals surface area contributed by atoms with E-state index in [0.29, 0.717) is 11.4 Å². The van der Waals surface area contributed by atoms with Crippen molar-refractivity contribution in [3.63, 3.8) is 0 Å². The Labute approximate surface area is 86.8 Å². The van der Waals surface area contributed by atoms with Crippen LogP contribution in [-0.4, -0.2) is 12.1 Å². The third kappa shape index (κ3) is 3.36. The Hall–Kier alpha value is -1.69. The summed E-state index contributed by atoms with van der Waals surface area (Å²) < 4.78 is 4.95. The van der Waals surface area contributed by atoms with E-state index in [2.05, 4.69) is 5.43 Å². The van der Waals surface area contributed by atoms with E-state index in [-0.39, 0.29) is 12.4 Å². The first-order chi connectivity index (χ1) is 6.24.